The van der Waals surface area contributed by atoms with Crippen molar-refractivity contribution in [1.29, 1.82) is 0 Å². The zero-order valence-electron chi connectivity index (χ0n) is 11.9. The van der Waals surface area contributed by atoms with Crippen LogP contribution in [0.15, 0.2) is 9.21 Å². The van der Waals surface area contributed by atoms with E-state index in [1.807, 2.05) is 7.05 Å². The van der Waals surface area contributed by atoms with Gasteiger partial charge in [-0.3, -0.25) is 9.36 Å². The molecular weight excluding hydrogens is 244 g/mol. The van der Waals surface area contributed by atoms with Crippen molar-refractivity contribution in [3.63, 3.8) is 0 Å². The van der Waals surface area contributed by atoms with Gasteiger partial charge in [0.25, 0.3) is 0 Å². The van der Waals surface area contributed by atoms with Crippen molar-refractivity contribution in [2.24, 2.45) is 0 Å². The summed E-state index contributed by atoms with van der Waals surface area (Å²) in [6.07, 6.45) is 5.78. The van der Waals surface area contributed by atoms with Crippen molar-refractivity contribution in [3.05, 3.63) is 22.0 Å². The lowest BCUT2D eigenvalue weighted by Crippen LogP contribution is -2.41. The Labute approximate surface area is 113 Å². The van der Waals surface area contributed by atoms with Gasteiger partial charge in [0, 0.05) is 13.1 Å². The van der Waals surface area contributed by atoms with Gasteiger partial charge in [-0.15, -0.1) is 0 Å². The molecule has 0 N–H and O–H groups in total. The first-order valence-electron chi connectivity index (χ1n) is 6.93. The molecule has 0 spiro atoms. The predicted molar refractivity (Wildman–Crippen MR) is 72.1 cm³/mol. The molecule has 1 saturated carbocycles. The zero-order valence-corrected chi connectivity index (χ0v) is 11.9. The van der Waals surface area contributed by atoms with Gasteiger partial charge in [0.15, 0.2) is 0 Å². The molecule has 1 amide bonds. The number of carbonyl (C=O) groups excluding carboxylic acids is 1. The first-order valence-corrected chi connectivity index (χ1v) is 6.93. The maximum absolute atomic E-state index is 12.2. The van der Waals surface area contributed by atoms with E-state index >= 15 is 0 Å². The molecule has 5 heteroatoms. The van der Waals surface area contributed by atoms with Gasteiger partial charge in [0.1, 0.15) is 12.3 Å². The number of likely N-dealkylation sites (N-methyl/N-ethyl adjacent to an activating group) is 1. The molecule has 0 unspecified atom stereocenters. The highest BCUT2D eigenvalue weighted by molar-refractivity contribution is 5.76. The van der Waals surface area contributed by atoms with Gasteiger partial charge in [-0.05, 0) is 26.7 Å². The SMILES string of the molecule is Cc1oc(=O)n(CC(=O)N(C)C2CCCCC2)c1C. The Hall–Kier alpha value is -1.52. The van der Waals surface area contributed by atoms with Crippen LogP contribution in [0.4, 0.5) is 0 Å². The van der Waals surface area contributed by atoms with Crippen LogP contribution >= 0.6 is 0 Å². The second kappa shape index (κ2) is 5.63. The van der Waals surface area contributed by atoms with Crippen LogP contribution in [0.1, 0.15) is 43.6 Å². The number of carbonyl (C=O) groups is 1. The molecule has 2 rings (SSSR count). The van der Waals surface area contributed by atoms with Crippen LogP contribution in [-0.4, -0.2) is 28.5 Å². The molecule has 1 aromatic rings. The normalized spacial score (nSPS) is 16.6. The number of aryl methyl sites for hydroxylation is 1. The molecule has 0 saturated heterocycles. The lowest BCUT2D eigenvalue weighted by Gasteiger charge is -2.31. The Balaban J connectivity index is 2.05. The molecule has 5 nitrogen and oxygen atoms in total. The standard InChI is InChI=1S/C14H22N2O3/c1-10-11(2)19-14(18)16(10)9-13(17)15(3)12-7-5-4-6-8-12/h12H,4-9H2,1-3H3. The fourth-order valence-corrected chi connectivity index (χ4v) is 2.69. The lowest BCUT2D eigenvalue weighted by atomic mass is 9.94. The van der Waals surface area contributed by atoms with Crippen LogP contribution in [0.3, 0.4) is 0 Å². The number of amides is 1. The number of aromatic nitrogens is 1. The summed E-state index contributed by atoms with van der Waals surface area (Å²) in [5.41, 5.74) is 0.732. The largest absolute Gasteiger partial charge is 0.419 e. The van der Waals surface area contributed by atoms with Crippen LogP contribution < -0.4 is 5.76 Å². The molecule has 1 heterocycles. The molecule has 0 atom stereocenters. The average molecular weight is 266 g/mol. The molecule has 0 radical (unpaired) electrons. The highest BCUT2D eigenvalue weighted by atomic mass is 16.4. The first kappa shape index (κ1) is 13.9. The molecule has 19 heavy (non-hydrogen) atoms. The number of nitrogens with zero attached hydrogens (tertiary/aromatic N) is 2. The summed E-state index contributed by atoms with van der Waals surface area (Å²) in [6, 6.07) is 0.324. The summed E-state index contributed by atoms with van der Waals surface area (Å²) < 4.78 is 6.42. The van der Waals surface area contributed by atoms with Crippen molar-refractivity contribution < 1.29 is 9.21 Å². The van der Waals surface area contributed by atoms with Crippen molar-refractivity contribution in [2.45, 2.75) is 58.5 Å². The molecule has 1 aromatic heterocycles. The van der Waals surface area contributed by atoms with Crippen LogP contribution in [-0.2, 0) is 11.3 Å². The Morgan fingerprint density at radius 3 is 2.47 bits per heavy atom. The second-order valence-electron chi connectivity index (χ2n) is 5.39. The smallest absolute Gasteiger partial charge is 0.413 e. The maximum atomic E-state index is 12.2. The van der Waals surface area contributed by atoms with Gasteiger partial charge < -0.3 is 9.32 Å². The van der Waals surface area contributed by atoms with Gasteiger partial charge in [0.2, 0.25) is 5.91 Å². The third kappa shape index (κ3) is 2.91. The average Bonchev–Trinajstić information content (AvgIpc) is 2.65. The predicted octanol–water partition coefficient (Wildman–Crippen LogP) is 1.85. The number of hydrogen-bond acceptors (Lipinski definition) is 3. The fraction of sp³-hybridized carbons (Fsp3) is 0.714. The number of rotatable bonds is 3. The second-order valence-corrected chi connectivity index (χ2v) is 5.39. The summed E-state index contributed by atoms with van der Waals surface area (Å²) >= 11 is 0. The maximum Gasteiger partial charge on any atom is 0.419 e. The topological polar surface area (TPSA) is 55.5 Å². The Morgan fingerprint density at radius 1 is 1.32 bits per heavy atom. The lowest BCUT2D eigenvalue weighted by molar-refractivity contribution is -0.133. The van der Waals surface area contributed by atoms with E-state index in [4.69, 9.17) is 4.42 Å². The Morgan fingerprint density at radius 2 is 1.95 bits per heavy atom. The quantitative estimate of drug-likeness (QED) is 0.839. The fourth-order valence-electron chi connectivity index (χ4n) is 2.69. The van der Waals surface area contributed by atoms with E-state index in [0.29, 0.717) is 11.8 Å². The van der Waals surface area contributed by atoms with Gasteiger partial charge in [-0.2, -0.15) is 0 Å². The molecule has 1 aliphatic rings. The van der Waals surface area contributed by atoms with Crippen molar-refractivity contribution in [3.8, 4) is 0 Å². The van der Waals surface area contributed by atoms with Gasteiger partial charge in [0.05, 0.1) is 5.69 Å². The molecule has 0 aromatic carbocycles. The third-order valence-electron chi connectivity index (χ3n) is 4.18. The van der Waals surface area contributed by atoms with E-state index < -0.39 is 5.76 Å². The minimum absolute atomic E-state index is 0.0158. The van der Waals surface area contributed by atoms with Crippen molar-refractivity contribution in [2.75, 3.05) is 7.05 Å². The number of hydrogen-bond donors (Lipinski definition) is 0. The van der Waals surface area contributed by atoms with E-state index in [1.165, 1.54) is 23.8 Å². The molecule has 1 fully saturated rings. The molecule has 0 bridgehead atoms. The summed E-state index contributed by atoms with van der Waals surface area (Å²) in [4.78, 5) is 25.7. The van der Waals surface area contributed by atoms with E-state index in [1.54, 1.807) is 18.7 Å². The molecule has 0 aliphatic heterocycles. The highest BCUT2D eigenvalue weighted by Crippen LogP contribution is 2.21. The van der Waals surface area contributed by atoms with Gasteiger partial charge >= 0.3 is 5.76 Å². The van der Waals surface area contributed by atoms with Crippen LogP contribution in [0.5, 0.6) is 0 Å². The highest BCUT2D eigenvalue weighted by Gasteiger charge is 2.23. The number of oxazole rings is 1. The van der Waals surface area contributed by atoms with E-state index in [9.17, 15) is 9.59 Å². The van der Waals surface area contributed by atoms with Crippen LogP contribution in [0.2, 0.25) is 0 Å². The molecular formula is C14H22N2O3. The summed E-state index contributed by atoms with van der Waals surface area (Å²) in [5.74, 6) is 0.122. The summed E-state index contributed by atoms with van der Waals surface area (Å²) in [7, 11) is 1.84. The van der Waals surface area contributed by atoms with E-state index in [-0.39, 0.29) is 12.5 Å². The van der Waals surface area contributed by atoms with E-state index in [0.717, 1.165) is 18.5 Å². The van der Waals surface area contributed by atoms with Gasteiger partial charge in [-0.25, -0.2) is 4.79 Å². The minimum atomic E-state index is -0.444. The third-order valence-corrected chi connectivity index (χ3v) is 4.18. The Kier molecular flexibility index (Phi) is 4.12. The Bertz CT molecular complexity index is 509. The van der Waals surface area contributed by atoms with Gasteiger partial charge in [-0.1, -0.05) is 19.3 Å². The zero-order chi connectivity index (χ0) is 14.0. The van der Waals surface area contributed by atoms with Crippen LogP contribution in [0, 0.1) is 13.8 Å². The first-order chi connectivity index (χ1) is 9.00. The molecule has 106 valence electrons. The summed E-state index contributed by atoms with van der Waals surface area (Å²) in [5, 5.41) is 0. The monoisotopic (exact) mass is 266 g/mol. The minimum Gasteiger partial charge on any atom is -0.413 e. The summed E-state index contributed by atoms with van der Waals surface area (Å²) in [6.45, 7) is 3.62. The molecule has 1 aliphatic carbocycles. The van der Waals surface area contributed by atoms with Crippen molar-refractivity contribution in [1.82, 2.24) is 9.47 Å². The van der Waals surface area contributed by atoms with Crippen LogP contribution in [0.25, 0.3) is 0 Å². The van der Waals surface area contributed by atoms with E-state index in [2.05, 4.69) is 0 Å². The van der Waals surface area contributed by atoms with Crippen molar-refractivity contribution >= 4 is 5.91 Å².